The first-order chi connectivity index (χ1) is 15.9. The Bertz CT molecular complexity index is 946. The van der Waals surface area contributed by atoms with Crippen LogP contribution in [0.2, 0.25) is 0 Å². The molecule has 0 saturated carbocycles. The van der Waals surface area contributed by atoms with Crippen LogP contribution in [0.1, 0.15) is 47.9 Å². The van der Waals surface area contributed by atoms with E-state index in [1.54, 1.807) is 45.0 Å². The lowest BCUT2D eigenvalue weighted by atomic mass is 9.86. The van der Waals surface area contributed by atoms with E-state index in [4.69, 9.17) is 14.2 Å². The molecule has 0 saturated heterocycles. The second-order valence-electron chi connectivity index (χ2n) is 8.75. The first-order valence-corrected chi connectivity index (χ1v) is 10.7. The van der Waals surface area contributed by atoms with Gasteiger partial charge in [-0.3, -0.25) is 19.3 Å². The molecule has 0 spiro atoms. The molecule has 0 unspecified atom stereocenters. The van der Waals surface area contributed by atoms with Gasteiger partial charge in [0.15, 0.2) is 0 Å². The quantitative estimate of drug-likeness (QED) is 0.250. The number of fused-ring (bicyclic) bond motifs is 1. The lowest BCUT2D eigenvalue weighted by Gasteiger charge is -2.29. The zero-order chi connectivity index (χ0) is 25.6. The molecule has 2 rings (SSSR count). The molecule has 3 amide bonds. The van der Waals surface area contributed by atoms with Crippen LogP contribution in [0.4, 0.5) is 4.79 Å². The van der Waals surface area contributed by atoms with Crippen LogP contribution in [0.5, 0.6) is 0 Å². The van der Waals surface area contributed by atoms with Crippen LogP contribution in [0.15, 0.2) is 36.9 Å². The van der Waals surface area contributed by atoms with E-state index in [9.17, 15) is 24.0 Å². The second kappa shape index (κ2) is 11.0. The molecule has 10 heteroatoms. The number of rotatable bonds is 9. The molecular formula is C24H30N2O8. The number of nitrogens with one attached hydrogen (secondary N) is 1. The standard InChI is InChI=1S/C24H30N2O8/c1-7-14(13-26-19(27)15-10-8-9-11-16(15)20(26)28)17(21(29)32-5)12-18(22(30)33-6)25-23(31)34-24(2,3)4/h7-11,14,17-18H,1,12-13H2,2-6H3,(H,25,31)/t14-,17+,18-/m0/s1. The molecule has 1 aromatic rings. The molecule has 1 aromatic carbocycles. The molecule has 0 aliphatic carbocycles. The van der Waals surface area contributed by atoms with Crippen molar-refractivity contribution in [1.82, 2.24) is 10.2 Å². The van der Waals surface area contributed by atoms with Crippen molar-refractivity contribution in [2.75, 3.05) is 20.8 Å². The van der Waals surface area contributed by atoms with Crippen LogP contribution in [0, 0.1) is 11.8 Å². The maximum absolute atomic E-state index is 12.8. The van der Waals surface area contributed by atoms with Crippen molar-refractivity contribution in [2.24, 2.45) is 11.8 Å². The Balaban J connectivity index is 2.27. The summed E-state index contributed by atoms with van der Waals surface area (Å²) in [6.07, 6.45) is 0.299. The topological polar surface area (TPSA) is 128 Å². The highest BCUT2D eigenvalue weighted by Crippen LogP contribution is 2.28. The summed E-state index contributed by atoms with van der Waals surface area (Å²) in [6.45, 7) is 8.54. The first kappa shape index (κ1) is 26.6. The number of hydrogen-bond acceptors (Lipinski definition) is 8. The summed E-state index contributed by atoms with van der Waals surface area (Å²) in [7, 11) is 2.31. The predicted molar refractivity (Wildman–Crippen MR) is 121 cm³/mol. The number of imide groups is 1. The maximum atomic E-state index is 12.8. The Labute approximate surface area is 198 Å². The normalized spacial score (nSPS) is 15.6. The van der Waals surface area contributed by atoms with Gasteiger partial charge in [0.2, 0.25) is 0 Å². The number of ether oxygens (including phenoxy) is 3. The number of alkyl carbamates (subject to hydrolysis) is 1. The van der Waals surface area contributed by atoms with E-state index in [0.29, 0.717) is 0 Å². The van der Waals surface area contributed by atoms with Crippen molar-refractivity contribution in [3.63, 3.8) is 0 Å². The third-order valence-corrected chi connectivity index (χ3v) is 5.26. The van der Waals surface area contributed by atoms with Crippen molar-refractivity contribution in [2.45, 2.75) is 38.8 Å². The third kappa shape index (κ3) is 6.21. The van der Waals surface area contributed by atoms with Gasteiger partial charge >= 0.3 is 18.0 Å². The number of amides is 3. The van der Waals surface area contributed by atoms with Crippen LogP contribution < -0.4 is 5.32 Å². The van der Waals surface area contributed by atoms with Crippen molar-refractivity contribution >= 4 is 29.8 Å². The average molecular weight is 475 g/mol. The van der Waals surface area contributed by atoms with Crippen molar-refractivity contribution in [1.29, 1.82) is 0 Å². The Kier molecular flexibility index (Phi) is 8.56. The molecule has 34 heavy (non-hydrogen) atoms. The van der Waals surface area contributed by atoms with Gasteiger partial charge in [0.05, 0.1) is 31.3 Å². The summed E-state index contributed by atoms with van der Waals surface area (Å²) in [5.41, 5.74) is -0.283. The zero-order valence-corrected chi connectivity index (χ0v) is 20.0. The molecule has 0 bridgehead atoms. The molecule has 3 atom stereocenters. The molecule has 1 aliphatic heterocycles. The summed E-state index contributed by atoms with van der Waals surface area (Å²) in [5.74, 6) is -4.31. The number of methoxy groups -OCH3 is 2. The van der Waals surface area contributed by atoms with Crippen molar-refractivity contribution in [3.05, 3.63) is 48.0 Å². The van der Waals surface area contributed by atoms with Crippen molar-refractivity contribution in [3.8, 4) is 0 Å². The smallest absolute Gasteiger partial charge is 0.408 e. The number of hydrogen-bond donors (Lipinski definition) is 1. The summed E-state index contributed by atoms with van der Waals surface area (Å²) in [5, 5.41) is 2.41. The van der Waals surface area contributed by atoms with Gasteiger partial charge in [-0.1, -0.05) is 18.2 Å². The summed E-state index contributed by atoms with van der Waals surface area (Å²) >= 11 is 0. The number of esters is 2. The fraction of sp³-hybridized carbons (Fsp3) is 0.458. The highest BCUT2D eigenvalue weighted by Gasteiger charge is 2.40. The molecule has 0 radical (unpaired) electrons. The molecule has 1 aliphatic rings. The fourth-order valence-corrected chi connectivity index (χ4v) is 3.64. The minimum absolute atomic E-state index is 0.171. The van der Waals surface area contributed by atoms with Gasteiger partial charge in [0, 0.05) is 12.5 Å². The lowest BCUT2D eigenvalue weighted by Crippen LogP contribution is -2.47. The Morgan fingerprint density at radius 1 is 1.03 bits per heavy atom. The molecule has 0 aromatic heterocycles. The first-order valence-electron chi connectivity index (χ1n) is 10.7. The lowest BCUT2D eigenvalue weighted by molar-refractivity contribution is -0.149. The van der Waals surface area contributed by atoms with E-state index in [2.05, 4.69) is 11.9 Å². The maximum Gasteiger partial charge on any atom is 0.408 e. The van der Waals surface area contributed by atoms with Crippen molar-refractivity contribution < 1.29 is 38.2 Å². The predicted octanol–water partition coefficient (Wildman–Crippen LogP) is 2.33. The largest absolute Gasteiger partial charge is 0.469 e. The SMILES string of the molecule is C=C[C@@H](CN1C(=O)c2ccccc2C1=O)[C@@H](C[C@H](NC(=O)OC(C)(C)C)C(=O)OC)C(=O)OC. The second-order valence-corrected chi connectivity index (χ2v) is 8.75. The van der Waals surface area contributed by atoms with Gasteiger partial charge in [-0.25, -0.2) is 9.59 Å². The summed E-state index contributed by atoms with van der Waals surface area (Å²) in [4.78, 5) is 63.9. The van der Waals surface area contributed by atoms with Crippen LogP contribution in [-0.4, -0.2) is 67.2 Å². The van der Waals surface area contributed by atoms with Crippen LogP contribution in [-0.2, 0) is 23.8 Å². The highest BCUT2D eigenvalue weighted by atomic mass is 16.6. The molecule has 184 valence electrons. The molecule has 10 nitrogen and oxygen atoms in total. The number of carbonyl (C=O) groups excluding carboxylic acids is 5. The van der Waals surface area contributed by atoms with Gasteiger partial charge in [-0.15, -0.1) is 6.58 Å². The van der Waals surface area contributed by atoms with Gasteiger partial charge in [-0.05, 0) is 39.3 Å². The van der Waals surface area contributed by atoms with Gasteiger partial charge in [0.1, 0.15) is 11.6 Å². The van der Waals surface area contributed by atoms with E-state index < -0.39 is 53.3 Å². The van der Waals surface area contributed by atoms with E-state index in [0.717, 1.165) is 12.0 Å². The van der Waals surface area contributed by atoms with Crippen LogP contribution in [0.3, 0.4) is 0 Å². The van der Waals surface area contributed by atoms with E-state index in [-0.39, 0.29) is 24.1 Å². The van der Waals surface area contributed by atoms with Gasteiger partial charge in [0.25, 0.3) is 11.8 Å². The zero-order valence-electron chi connectivity index (χ0n) is 20.0. The van der Waals surface area contributed by atoms with E-state index in [1.807, 2.05) is 0 Å². The summed E-state index contributed by atoms with van der Waals surface area (Å²) in [6, 6.07) is 5.15. The molecule has 1 N–H and O–H groups in total. The molecule has 1 heterocycles. The minimum atomic E-state index is -1.26. The monoisotopic (exact) mass is 474 g/mol. The highest BCUT2D eigenvalue weighted by molar-refractivity contribution is 6.21. The van der Waals surface area contributed by atoms with E-state index >= 15 is 0 Å². The number of benzene rings is 1. The van der Waals surface area contributed by atoms with Crippen LogP contribution in [0.25, 0.3) is 0 Å². The Morgan fingerprint density at radius 3 is 2.00 bits per heavy atom. The Morgan fingerprint density at radius 2 is 1.56 bits per heavy atom. The Hall–Kier alpha value is -3.69. The molecular weight excluding hydrogens is 444 g/mol. The van der Waals surface area contributed by atoms with Crippen LogP contribution >= 0.6 is 0 Å². The third-order valence-electron chi connectivity index (χ3n) is 5.26. The minimum Gasteiger partial charge on any atom is -0.469 e. The number of nitrogens with zero attached hydrogens (tertiary/aromatic N) is 1. The summed E-state index contributed by atoms with van der Waals surface area (Å²) < 4.78 is 14.9. The number of carbonyl (C=O) groups is 5. The van der Waals surface area contributed by atoms with E-state index in [1.165, 1.54) is 13.2 Å². The average Bonchev–Trinajstić information content (AvgIpc) is 3.02. The molecule has 0 fully saturated rings. The van der Waals surface area contributed by atoms with Gasteiger partial charge in [-0.2, -0.15) is 0 Å². The fourth-order valence-electron chi connectivity index (χ4n) is 3.64. The van der Waals surface area contributed by atoms with Gasteiger partial charge < -0.3 is 19.5 Å².